The minimum Gasteiger partial charge on any atom is -0.465 e. The molecule has 3 heterocycles. The van der Waals surface area contributed by atoms with Crippen molar-refractivity contribution in [1.82, 2.24) is 19.5 Å². The molecule has 2 aliphatic carbocycles. The third-order valence-electron chi connectivity index (χ3n) is 5.77. The van der Waals surface area contributed by atoms with Crippen LogP contribution in [-0.4, -0.2) is 50.1 Å². The molecule has 5 rings (SSSR count). The Morgan fingerprint density at radius 3 is 2.96 bits per heavy atom. The highest BCUT2D eigenvalue weighted by Gasteiger charge is 2.80. The number of carbonyl (C=O) groups excluding carboxylic acids is 1. The Morgan fingerprint density at radius 1 is 1.44 bits per heavy atom. The van der Waals surface area contributed by atoms with Gasteiger partial charge < -0.3 is 18.8 Å². The van der Waals surface area contributed by atoms with Crippen molar-refractivity contribution in [3.8, 4) is 0 Å². The lowest BCUT2D eigenvalue weighted by Gasteiger charge is -2.24. The molecule has 144 valence electrons. The average Bonchev–Trinajstić information content (AvgIpc) is 2.90. The number of nitrogens with zero attached hydrogens (tertiary/aromatic N) is 4. The predicted molar refractivity (Wildman–Crippen MR) is 103 cm³/mol. The SMILES string of the molecule is CCOC(=O)C12CC1[C@@H](n1cnc3c(Cl)nc(I)nc31)[C@@H]1OC(C)(C)O[C@@H]12. The fourth-order valence-corrected chi connectivity index (χ4v) is 5.59. The molecule has 8 nitrogen and oxygen atoms in total. The Kier molecular flexibility index (Phi) is 3.83. The van der Waals surface area contributed by atoms with E-state index in [4.69, 9.17) is 25.8 Å². The number of rotatable bonds is 3. The molecule has 0 radical (unpaired) electrons. The molecule has 1 saturated heterocycles. The van der Waals surface area contributed by atoms with Crippen molar-refractivity contribution in [1.29, 1.82) is 0 Å². The highest BCUT2D eigenvalue weighted by molar-refractivity contribution is 14.1. The molecule has 1 aliphatic heterocycles. The van der Waals surface area contributed by atoms with E-state index in [1.54, 1.807) is 6.33 Å². The Balaban J connectivity index is 1.63. The molecular weight excluding hydrogens is 487 g/mol. The van der Waals surface area contributed by atoms with Crippen molar-refractivity contribution in [2.45, 2.75) is 51.2 Å². The van der Waals surface area contributed by atoms with E-state index >= 15 is 0 Å². The summed E-state index contributed by atoms with van der Waals surface area (Å²) < 4.78 is 20.3. The normalized spacial score (nSPS) is 35.9. The van der Waals surface area contributed by atoms with Gasteiger partial charge in [-0.15, -0.1) is 0 Å². The van der Waals surface area contributed by atoms with E-state index in [1.165, 1.54) is 0 Å². The van der Waals surface area contributed by atoms with Gasteiger partial charge in [-0.2, -0.15) is 0 Å². The van der Waals surface area contributed by atoms with Crippen LogP contribution < -0.4 is 0 Å². The predicted octanol–water partition coefficient (Wildman–Crippen LogP) is 2.73. The summed E-state index contributed by atoms with van der Waals surface area (Å²) in [5.41, 5.74) is 0.517. The second-order valence-corrected chi connectivity index (χ2v) is 9.01. The lowest BCUT2D eigenvalue weighted by Crippen LogP contribution is -2.36. The van der Waals surface area contributed by atoms with Gasteiger partial charge in [-0.05, 0) is 27.2 Å². The van der Waals surface area contributed by atoms with Crippen molar-refractivity contribution in [3.63, 3.8) is 0 Å². The van der Waals surface area contributed by atoms with E-state index in [9.17, 15) is 4.79 Å². The molecule has 2 aromatic heterocycles. The van der Waals surface area contributed by atoms with Crippen molar-refractivity contribution >= 4 is 51.3 Å². The average molecular weight is 505 g/mol. The molecule has 27 heavy (non-hydrogen) atoms. The first-order valence-electron chi connectivity index (χ1n) is 8.87. The van der Waals surface area contributed by atoms with E-state index in [1.807, 2.05) is 47.9 Å². The molecule has 3 fully saturated rings. The highest BCUT2D eigenvalue weighted by Crippen LogP contribution is 2.72. The van der Waals surface area contributed by atoms with Crippen LogP contribution in [0.2, 0.25) is 5.15 Å². The number of hydrogen-bond donors (Lipinski definition) is 0. The topological polar surface area (TPSA) is 88.4 Å². The Morgan fingerprint density at radius 2 is 2.22 bits per heavy atom. The van der Waals surface area contributed by atoms with Crippen LogP contribution in [0.25, 0.3) is 11.2 Å². The summed E-state index contributed by atoms with van der Waals surface area (Å²) in [5, 5.41) is 0.314. The van der Waals surface area contributed by atoms with Crippen LogP contribution in [0.4, 0.5) is 0 Å². The van der Waals surface area contributed by atoms with Crippen molar-refractivity contribution in [2.75, 3.05) is 6.61 Å². The van der Waals surface area contributed by atoms with Crippen LogP contribution in [0.15, 0.2) is 6.33 Å². The number of aromatic nitrogens is 4. The summed E-state index contributed by atoms with van der Waals surface area (Å²) in [6, 6.07) is -0.132. The zero-order valence-corrected chi connectivity index (χ0v) is 17.9. The molecule has 2 aromatic rings. The van der Waals surface area contributed by atoms with Crippen LogP contribution in [0.1, 0.15) is 33.2 Å². The zero-order valence-electron chi connectivity index (χ0n) is 15.0. The van der Waals surface area contributed by atoms with E-state index < -0.39 is 11.2 Å². The maximum absolute atomic E-state index is 12.8. The molecule has 0 amide bonds. The third-order valence-corrected chi connectivity index (χ3v) is 6.52. The number of halogens is 2. The Hall–Kier alpha value is -1.04. The third kappa shape index (κ3) is 2.41. The number of hydrogen-bond acceptors (Lipinski definition) is 7. The van der Waals surface area contributed by atoms with E-state index in [0.29, 0.717) is 33.2 Å². The second kappa shape index (κ2) is 5.74. The fourth-order valence-electron chi connectivity index (χ4n) is 4.77. The molecule has 0 bridgehead atoms. The summed E-state index contributed by atoms with van der Waals surface area (Å²) >= 11 is 8.27. The van der Waals surface area contributed by atoms with Crippen molar-refractivity contribution < 1.29 is 19.0 Å². The van der Waals surface area contributed by atoms with Gasteiger partial charge in [0, 0.05) is 28.5 Å². The number of carbonyl (C=O) groups is 1. The van der Waals surface area contributed by atoms with Gasteiger partial charge in [0.25, 0.3) is 0 Å². The Labute approximate surface area is 174 Å². The first kappa shape index (κ1) is 18.0. The molecule has 0 N–H and O–H groups in total. The summed E-state index contributed by atoms with van der Waals surface area (Å²) in [6.07, 6.45) is 1.77. The maximum atomic E-state index is 12.8. The molecule has 2 saturated carbocycles. The van der Waals surface area contributed by atoms with Gasteiger partial charge in [-0.25, -0.2) is 15.0 Å². The molecule has 2 unspecified atom stereocenters. The number of fused-ring (bicyclic) bond motifs is 4. The van der Waals surface area contributed by atoms with Crippen LogP contribution in [0.3, 0.4) is 0 Å². The van der Waals surface area contributed by atoms with Gasteiger partial charge in [0.1, 0.15) is 23.1 Å². The zero-order chi connectivity index (χ0) is 19.1. The van der Waals surface area contributed by atoms with Gasteiger partial charge in [0.05, 0.1) is 19.0 Å². The van der Waals surface area contributed by atoms with Crippen LogP contribution >= 0.6 is 34.2 Å². The first-order valence-corrected chi connectivity index (χ1v) is 10.3. The summed E-state index contributed by atoms with van der Waals surface area (Å²) in [7, 11) is 0. The second-order valence-electron chi connectivity index (χ2n) is 7.69. The summed E-state index contributed by atoms with van der Waals surface area (Å²) in [4.78, 5) is 25.9. The monoisotopic (exact) mass is 504 g/mol. The van der Waals surface area contributed by atoms with E-state index in [0.717, 1.165) is 0 Å². The number of imidazole rings is 1. The quantitative estimate of drug-likeness (QED) is 0.275. The highest BCUT2D eigenvalue weighted by atomic mass is 127. The fraction of sp³-hybridized carbons (Fsp3) is 0.647. The standard InChI is InChI=1S/C17H18ClIN4O4/c1-4-25-14(24)17-5-7(17)9(10-11(17)27-16(2,3)26-10)23-6-20-8-12(18)21-15(19)22-13(8)23/h6-7,9-11H,4-5H2,1-3H3/t7?,9-,10+,11+,17?/m1/s1. The van der Waals surface area contributed by atoms with Crippen LogP contribution in [0, 0.1) is 15.2 Å². The number of ether oxygens (including phenoxy) is 3. The van der Waals surface area contributed by atoms with Gasteiger partial charge in [-0.1, -0.05) is 11.6 Å². The lowest BCUT2D eigenvalue weighted by molar-refractivity contribution is -0.172. The molecule has 5 atom stereocenters. The number of esters is 1. The molecule has 3 aliphatic rings. The van der Waals surface area contributed by atoms with Crippen molar-refractivity contribution in [2.24, 2.45) is 11.3 Å². The van der Waals surface area contributed by atoms with Crippen LogP contribution in [-0.2, 0) is 19.0 Å². The smallest absolute Gasteiger partial charge is 0.315 e. The largest absolute Gasteiger partial charge is 0.465 e. The van der Waals surface area contributed by atoms with E-state index in [2.05, 4.69) is 15.0 Å². The maximum Gasteiger partial charge on any atom is 0.315 e. The van der Waals surface area contributed by atoms with Crippen molar-refractivity contribution in [3.05, 3.63) is 15.3 Å². The first-order chi connectivity index (χ1) is 12.8. The van der Waals surface area contributed by atoms with Gasteiger partial charge in [-0.3, -0.25) is 4.79 Å². The van der Waals surface area contributed by atoms with Crippen LogP contribution in [0.5, 0.6) is 0 Å². The summed E-state index contributed by atoms with van der Waals surface area (Å²) in [5.74, 6) is -0.926. The van der Waals surface area contributed by atoms with Gasteiger partial charge in [0.15, 0.2) is 20.4 Å². The van der Waals surface area contributed by atoms with Gasteiger partial charge in [0.2, 0.25) is 0 Å². The summed E-state index contributed by atoms with van der Waals surface area (Å²) in [6.45, 7) is 5.89. The minimum atomic E-state index is -0.766. The minimum absolute atomic E-state index is 0.0476. The molecule has 0 spiro atoms. The molecule has 10 heteroatoms. The van der Waals surface area contributed by atoms with Gasteiger partial charge >= 0.3 is 5.97 Å². The lowest BCUT2D eigenvalue weighted by atomic mass is 9.99. The Bertz CT molecular complexity index is 966. The molecular formula is C17H18ClIN4O4. The molecule has 0 aromatic carbocycles. The van der Waals surface area contributed by atoms with E-state index in [-0.39, 0.29) is 30.1 Å².